The zero-order chi connectivity index (χ0) is 18.0. The van der Waals surface area contributed by atoms with Gasteiger partial charge in [0, 0.05) is 18.8 Å². The molecule has 4 heteroatoms. The molecule has 1 atom stereocenters. The summed E-state index contributed by atoms with van der Waals surface area (Å²) in [7, 11) is 0. The second kappa shape index (κ2) is 16.1. The number of unbranched alkanes of at least 4 members (excludes halogenated alkanes) is 7. The molecule has 0 aliphatic heterocycles. The molecule has 24 heavy (non-hydrogen) atoms. The normalized spacial score (nSPS) is 12.1. The molecule has 1 unspecified atom stereocenters. The van der Waals surface area contributed by atoms with Crippen LogP contribution in [0.2, 0.25) is 0 Å². The van der Waals surface area contributed by atoms with Gasteiger partial charge in [-0.15, -0.1) is 12.3 Å². The van der Waals surface area contributed by atoms with E-state index in [1.807, 2.05) is 0 Å². The fourth-order valence-corrected chi connectivity index (χ4v) is 2.56. The SMILES string of the molecule is C#CC(CC=CCCCCCCC(=O)O)CCCCCCC(=O)O. The van der Waals surface area contributed by atoms with Crippen LogP contribution in [0.5, 0.6) is 0 Å². The van der Waals surface area contributed by atoms with E-state index in [0.717, 1.165) is 70.6 Å². The maximum atomic E-state index is 10.4. The highest BCUT2D eigenvalue weighted by atomic mass is 16.4. The molecule has 0 aliphatic rings. The van der Waals surface area contributed by atoms with Crippen LogP contribution in [0.3, 0.4) is 0 Å². The van der Waals surface area contributed by atoms with Crippen molar-refractivity contribution in [1.29, 1.82) is 0 Å². The summed E-state index contributed by atoms with van der Waals surface area (Å²) in [6.07, 6.45) is 21.1. The molecule has 0 bridgehead atoms. The predicted octanol–water partition coefficient (Wildman–Crippen LogP) is 5.03. The number of hydrogen-bond donors (Lipinski definition) is 2. The molecule has 0 amide bonds. The largest absolute Gasteiger partial charge is 0.481 e. The summed E-state index contributed by atoms with van der Waals surface area (Å²) in [4.78, 5) is 20.8. The number of aliphatic carboxylic acids is 2. The summed E-state index contributed by atoms with van der Waals surface area (Å²) in [5.74, 6) is 1.68. The predicted molar refractivity (Wildman–Crippen MR) is 96.8 cm³/mol. The van der Waals surface area contributed by atoms with Gasteiger partial charge >= 0.3 is 11.9 Å². The first kappa shape index (κ1) is 22.2. The molecular formula is C20H32O4. The highest BCUT2D eigenvalue weighted by Gasteiger charge is 2.03. The van der Waals surface area contributed by atoms with Gasteiger partial charge < -0.3 is 10.2 Å². The van der Waals surface area contributed by atoms with E-state index < -0.39 is 11.9 Å². The summed E-state index contributed by atoms with van der Waals surface area (Å²) in [5, 5.41) is 17.1. The van der Waals surface area contributed by atoms with Gasteiger partial charge in [-0.1, -0.05) is 44.3 Å². The molecule has 0 aromatic carbocycles. The Hall–Kier alpha value is -1.76. The van der Waals surface area contributed by atoms with Crippen LogP contribution in [-0.2, 0) is 9.59 Å². The van der Waals surface area contributed by atoms with E-state index in [-0.39, 0.29) is 18.8 Å². The average Bonchev–Trinajstić information content (AvgIpc) is 2.53. The Morgan fingerprint density at radius 2 is 1.38 bits per heavy atom. The van der Waals surface area contributed by atoms with Crippen molar-refractivity contribution >= 4 is 11.9 Å². The van der Waals surface area contributed by atoms with E-state index in [9.17, 15) is 9.59 Å². The lowest BCUT2D eigenvalue weighted by Gasteiger charge is -2.07. The summed E-state index contributed by atoms with van der Waals surface area (Å²) >= 11 is 0. The van der Waals surface area contributed by atoms with Gasteiger partial charge in [0.2, 0.25) is 0 Å². The molecule has 4 nitrogen and oxygen atoms in total. The standard InChI is InChI=1S/C20H32O4/c1-2-18(15-11-8-9-13-17-20(23)24)14-10-6-4-3-5-7-12-16-19(21)22/h1,6,10,18H,3-5,7-9,11-17H2,(H,21,22)(H,23,24). The minimum absolute atomic E-state index is 0.262. The highest BCUT2D eigenvalue weighted by molar-refractivity contribution is 5.66. The quantitative estimate of drug-likeness (QED) is 0.235. The zero-order valence-electron chi connectivity index (χ0n) is 14.7. The summed E-state index contributed by atoms with van der Waals surface area (Å²) in [6, 6.07) is 0. The summed E-state index contributed by atoms with van der Waals surface area (Å²) in [5.41, 5.74) is 0. The maximum absolute atomic E-state index is 10.4. The summed E-state index contributed by atoms with van der Waals surface area (Å²) in [6.45, 7) is 0. The zero-order valence-corrected chi connectivity index (χ0v) is 14.7. The van der Waals surface area contributed by atoms with Gasteiger partial charge in [-0.25, -0.2) is 0 Å². The van der Waals surface area contributed by atoms with Crippen molar-refractivity contribution in [3.8, 4) is 12.3 Å². The third kappa shape index (κ3) is 16.6. The van der Waals surface area contributed by atoms with Crippen molar-refractivity contribution in [1.82, 2.24) is 0 Å². The van der Waals surface area contributed by atoms with Gasteiger partial charge in [-0.2, -0.15) is 0 Å². The molecule has 136 valence electrons. The second-order valence-corrected chi connectivity index (χ2v) is 6.26. The van der Waals surface area contributed by atoms with Gasteiger partial charge in [0.05, 0.1) is 0 Å². The van der Waals surface area contributed by atoms with E-state index in [1.165, 1.54) is 0 Å². The number of carbonyl (C=O) groups is 2. The molecule has 0 aromatic rings. The van der Waals surface area contributed by atoms with Gasteiger partial charge in [0.25, 0.3) is 0 Å². The van der Waals surface area contributed by atoms with Crippen molar-refractivity contribution in [3.63, 3.8) is 0 Å². The van der Waals surface area contributed by atoms with Crippen LogP contribution in [0.4, 0.5) is 0 Å². The number of allylic oxidation sites excluding steroid dienone is 2. The lowest BCUT2D eigenvalue weighted by Crippen LogP contribution is -1.96. The van der Waals surface area contributed by atoms with Gasteiger partial charge in [0.1, 0.15) is 0 Å². The molecule has 0 aromatic heterocycles. The molecule has 0 fully saturated rings. The fourth-order valence-electron chi connectivity index (χ4n) is 2.56. The molecular weight excluding hydrogens is 304 g/mol. The average molecular weight is 336 g/mol. The molecule has 0 saturated carbocycles. The molecule has 0 aliphatic carbocycles. The van der Waals surface area contributed by atoms with Crippen molar-refractivity contribution < 1.29 is 19.8 Å². The van der Waals surface area contributed by atoms with Crippen LogP contribution < -0.4 is 0 Å². The number of terminal acetylenes is 1. The third-order valence-corrected chi connectivity index (χ3v) is 4.03. The van der Waals surface area contributed by atoms with Crippen molar-refractivity contribution in [2.75, 3.05) is 0 Å². The fraction of sp³-hybridized carbons (Fsp3) is 0.700. The topological polar surface area (TPSA) is 74.6 Å². The van der Waals surface area contributed by atoms with E-state index in [2.05, 4.69) is 18.1 Å². The van der Waals surface area contributed by atoms with Crippen LogP contribution in [0.15, 0.2) is 12.2 Å². The lowest BCUT2D eigenvalue weighted by atomic mass is 9.97. The summed E-state index contributed by atoms with van der Waals surface area (Å²) < 4.78 is 0. The van der Waals surface area contributed by atoms with Crippen LogP contribution in [0.25, 0.3) is 0 Å². The Balaban J connectivity index is 3.51. The first-order valence-corrected chi connectivity index (χ1v) is 9.11. The number of hydrogen-bond acceptors (Lipinski definition) is 2. The van der Waals surface area contributed by atoms with E-state index in [0.29, 0.717) is 0 Å². The molecule has 2 N–H and O–H groups in total. The van der Waals surface area contributed by atoms with Crippen LogP contribution in [0, 0.1) is 18.3 Å². The van der Waals surface area contributed by atoms with E-state index in [4.69, 9.17) is 16.6 Å². The van der Waals surface area contributed by atoms with Crippen molar-refractivity contribution in [3.05, 3.63) is 12.2 Å². The minimum atomic E-state index is -0.719. The Morgan fingerprint density at radius 1 is 0.833 bits per heavy atom. The van der Waals surface area contributed by atoms with Crippen molar-refractivity contribution in [2.24, 2.45) is 5.92 Å². The Kier molecular flexibility index (Phi) is 14.9. The Bertz CT molecular complexity index is 406. The first-order chi connectivity index (χ1) is 11.6. The van der Waals surface area contributed by atoms with Gasteiger partial charge in [-0.3, -0.25) is 9.59 Å². The van der Waals surface area contributed by atoms with E-state index >= 15 is 0 Å². The lowest BCUT2D eigenvalue weighted by molar-refractivity contribution is -0.138. The van der Waals surface area contributed by atoms with E-state index in [1.54, 1.807) is 0 Å². The van der Waals surface area contributed by atoms with Crippen LogP contribution >= 0.6 is 0 Å². The van der Waals surface area contributed by atoms with Gasteiger partial charge in [0.15, 0.2) is 0 Å². The molecule has 0 saturated heterocycles. The molecule has 0 radical (unpaired) electrons. The monoisotopic (exact) mass is 336 g/mol. The minimum Gasteiger partial charge on any atom is -0.481 e. The maximum Gasteiger partial charge on any atom is 0.303 e. The number of carboxylic acid groups (broad SMARTS) is 2. The Labute approximate surface area is 146 Å². The molecule has 0 rings (SSSR count). The number of carboxylic acids is 2. The van der Waals surface area contributed by atoms with Crippen molar-refractivity contribution in [2.45, 2.75) is 83.5 Å². The third-order valence-electron chi connectivity index (χ3n) is 4.03. The van der Waals surface area contributed by atoms with Gasteiger partial charge in [-0.05, 0) is 38.5 Å². The van der Waals surface area contributed by atoms with Crippen LogP contribution in [-0.4, -0.2) is 22.2 Å². The highest BCUT2D eigenvalue weighted by Crippen LogP contribution is 2.15. The second-order valence-electron chi connectivity index (χ2n) is 6.26. The Morgan fingerprint density at radius 3 is 1.92 bits per heavy atom. The molecule has 0 spiro atoms. The van der Waals surface area contributed by atoms with Crippen LogP contribution in [0.1, 0.15) is 83.5 Å². The first-order valence-electron chi connectivity index (χ1n) is 9.11. The number of rotatable bonds is 16. The molecule has 0 heterocycles. The smallest absolute Gasteiger partial charge is 0.303 e.